The summed E-state index contributed by atoms with van der Waals surface area (Å²) >= 11 is 1.54. The van der Waals surface area contributed by atoms with Crippen LogP contribution in [-0.2, 0) is 16.0 Å². The maximum absolute atomic E-state index is 11.7. The summed E-state index contributed by atoms with van der Waals surface area (Å²) in [6, 6.07) is 3.83. The monoisotopic (exact) mass is 239 g/mol. The summed E-state index contributed by atoms with van der Waals surface area (Å²) < 4.78 is 0. The van der Waals surface area contributed by atoms with Gasteiger partial charge in [0, 0.05) is 11.4 Å². The van der Waals surface area contributed by atoms with Gasteiger partial charge in [-0.25, -0.2) is 0 Å². The van der Waals surface area contributed by atoms with Gasteiger partial charge in [-0.1, -0.05) is 25.8 Å². The summed E-state index contributed by atoms with van der Waals surface area (Å²) in [7, 11) is 0. The highest BCUT2D eigenvalue weighted by Gasteiger charge is 2.12. The molecule has 0 N–H and O–H groups in total. The van der Waals surface area contributed by atoms with Gasteiger partial charge in [0.25, 0.3) is 0 Å². The van der Waals surface area contributed by atoms with Gasteiger partial charge in [-0.2, -0.15) is 0 Å². The number of carbonyl (C=O) groups is 2. The molecule has 1 aromatic rings. The zero-order chi connectivity index (χ0) is 11.8. The molecule has 88 valence electrons. The Morgan fingerprint density at radius 1 is 1.50 bits per heavy atom. The van der Waals surface area contributed by atoms with Gasteiger partial charge in [-0.15, -0.1) is 11.3 Å². The molecule has 0 atom stereocenters. The standard InChI is InChI=1S/C12H17NO2S/c1-2-3-4-7-13(10-14)12(15)9-11-6-5-8-16-11/h5-6,8,10H,2-4,7,9H2,1H3. The van der Waals surface area contributed by atoms with Crippen molar-refractivity contribution in [3.63, 3.8) is 0 Å². The van der Waals surface area contributed by atoms with Gasteiger partial charge < -0.3 is 0 Å². The first-order valence-corrected chi connectivity index (χ1v) is 6.43. The van der Waals surface area contributed by atoms with E-state index in [4.69, 9.17) is 0 Å². The largest absolute Gasteiger partial charge is 0.285 e. The smallest absolute Gasteiger partial charge is 0.234 e. The summed E-state index contributed by atoms with van der Waals surface area (Å²) in [5, 5.41) is 1.94. The molecule has 0 fully saturated rings. The van der Waals surface area contributed by atoms with Crippen molar-refractivity contribution in [1.29, 1.82) is 0 Å². The number of nitrogens with zero attached hydrogens (tertiary/aromatic N) is 1. The first kappa shape index (κ1) is 12.9. The Hall–Kier alpha value is -1.16. The van der Waals surface area contributed by atoms with E-state index in [1.807, 2.05) is 17.5 Å². The van der Waals surface area contributed by atoms with Crippen LogP contribution >= 0.6 is 11.3 Å². The van der Waals surface area contributed by atoms with Gasteiger partial charge in [-0.05, 0) is 17.9 Å². The van der Waals surface area contributed by atoms with Crippen molar-refractivity contribution < 1.29 is 9.59 Å². The molecule has 0 aromatic carbocycles. The Kier molecular flexibility index (Phi) is 5.78. The molecule has 1 heterocycles. The van der Waals surface area contributed by atoms with E-state index in [1.54, 1.807) is 11.3 Å². The molecule has 0 spiro atoms. The number of unbranched alkanes of at least 4 members (excludes halogenated alkanes) is 2. The fraction of sp³-hybridized carbons (Fsp3) is 0.500. The van der Waals surface area contributed by atoms with E-state index in [2.05, 4.69) is 6.92 Å². The third-order valence-electron chi connectivity index (χ3n) is 2.36. The van der Waals surface area contributed by atoms with E-state index in [-0.39, 0.29) is 5.91 Å². The summed E-state index contributed by atoms with van der Waals surface area (Å²) in [5.41, 5.74) is 0. The summed E-state index contributed by atoms with van der Waals surface area (Å²) in [5.74, 6) is -0.103. The highest BCUT2D eigenvalue weighted by molar-refractivity contribution is 7.10. The number of thiophene rings is 1. The van der Waals surface area contributed by atoms with E-state index >= 15 is 0 Å². The van der Waals surface area contributed by atoms with Crippen LogP contribution in [0.2, 0.25) is 0 Å². The molecule has 16 heavy (non-hydrogen) atoms. The molecule has 2 amide bonds. The van der Waals surface area contributed by atoms with Gasteiger partial charge >= 0.3 is 0 Å². The number of imide groups is 1. The molecule has 0 aliphatic rings. The zero-order valence-corrected chi connectivity index (χ0v) is 10.3. The molecule has 0 aliphatic carbocycles. The van der Waals surface area contributed by atoms with Gasteiger partial charge in [0.1, 0.15) is 0 Å². The quantitative estimate of drug-likeness (QED) is 0.541. The van der Waals surface area contributed by atoms with Crippen LogP contribution in [0.25, 0.3) is 0 Å². The lowest BCUT2D eigenvalue weighted by atomic mass is 10.2. The molecule has 0 saturated carbocycles. The molecular formula is C12H17NO2S. The Balaban J connectivity index is 2.40. The van der Waals surface area contributed by atoms with Crippen molar-refractivity contribution in [1.82, 2.24) is 4.90 Å². The number of amides is 2. The van der Waals surface area contributed by atoms with Crippen LogP contribution in [0.4, 0.5) is 0 Å². The van der Waals surface area contributed by atoms with E-state index < -0.39 is 0 Å². The minimum atomic E-state index is -0.103. The molecule has 0 radical (unpaired) electrons. The second kappa shape index (κ2) is 7.17. The van der Waals surface area contributed by atoms with Crippen LogP contribution in [0.3, 0.4) is 0 Å². The van der Waals surface area contributed by atoms with Crippen LogP contribution in [0.5, 0.6) is 0 Å². The van der Waals surface area contributed by atoms with Crippen molar-refractivity contribution >= 4 is 23.7 Å². The van der Waals surface area contributed by atoms with E-state index in [0.717, 1.165) is 24.1 Å². The van der Waals surface area contributed by atoms with Crippen LogP contribution in [0, 0.1) is 0 Å². The van der Waals surface area contributed by atoms with Crippen LogP contribution in [-0.4, -0.2) is 23.8 Å². The van der Waals surface area contributed by atoms with Gasteiger partial charge in [-0.3, -0.25) is 14.5 Å². The first-order valence-electron chi connectivity index (χ1n) is 5.55. The Labute approximate surface area is 100 Å². The average molecular weight is 239 g/mol. The predicted molar refractivity (Wildman–Crippen MR) is 65.3 cm³/mol. The second-order valence-electron chi connectivity index (χ2n) is 3.66. The Morgan fingerprint density at radius 2 is 2.31 bits per heavy atom. The number of hydrogen-bond acceptors (Lipinski definition) is 3. The van der Waals surface area contributed by atoms with Gasteiger partial charge in [0.15, 0.2) is 0 Å². The van der Waals surface area contributed by atoms with Crippen LogP contribution < -0.4 is 0 Å². The lowest BCUT2D eigenvalue weighted by molar-refractivity contribution is -0.137. The van der Waals surface area contributed by atoms with Gasteiger partial charge in [0.2, 0.25) is 12.3 Å². The lowest BCUT2D eigenvalue weighted by Crippen LogP contribution is -2.31. The number of carbonyl (C=O) groups excluding carboxylic acids is 2. The fourth-order valence-electron chi connectivity index (χ4n) is 1.43. The van der Waals surface area contributed by atoms with Crippen LogP contribution in [0.15, 0.2) is 17.5 Å². The zero-order valence-electron chi connectivity index (χ0n) is 9.52. The second-order valence-corrected chi connectivity index (χ2v) is 4.69. The molecule has 1 aromatic heterocycles. The molecular weight excluding hydrogens is 222 g/mol. The summed E-state index contributed by atoms with van der Waals surface area (Å²) in [4.78, 5) is 24.8. The third kappa shape index (κ3) is 4.14. The van der Waals surface area contributed by atoms with E-state index in [1.165, 1.54) is 4.90 Å². The van der Waals surface area contributed by atoms with Crippen LogP contribution in [0.1, 0.15) is 31.1 Å². The number of hydrogen-bond donors (Lipinski definition) is 0. The van der Waals surface area contributed by atoms with Gasteiger partial charge in [0.05, 0.1) is 6.42 Å². The van der Waals surface area contributed by atoms with E-state index in [9.17, 15) is 9.59 Å². The molecule has 0 bridgehead atoms. The third-order valence-corrected chi connectivity index (χ3v) is 3.23. The molecule has 1 rings (SSSR count). The normalized spacial score (nSPS) is 10.1. The molecule has 0 unspecified atom stereocenters. The fourth-order valence-corrected chi connectivity index (χ4v) is 2.13. The first-order chi connectivity index (χ1) is 7.77. The maximum Gasteiger partial charge on any atom is 0.234 e. The number of rotatable bonds is 7. The lowest BCUT2D eigenvalue weighted by Gasteiger charge is -2.14. The SMILES string of the molecule is CCCCCN(C=O)C(=O)Cc1cccs1. The van der Waals surface area contributed by atoms with Crippen molar-refractivity contribution in [3.05, 3.63) is 22.4 Å². The van der Waals surface area contributed by atoms with E-state index in [0.29, 0.717) is 19.4 Å². The molecule has 3 nitrogen and oxygen atoms in total. The Bertz CT molecular complexity index is 322. The average Bonchev–Trinajstić information content (AvgIpc) is 2.77. The predicted octanol–water partition coefficient (Wildman–Crippen LogP) is 2.47. The van der Waals surface area contributed by atoms with Crippen molar-refractivity contribution in [3.8, 4) is 0 Å². The van der Waals surface area contributed by atoms with Crippen molar-refractivity contribution in [2.24, 2.45) is 0 Å². The molecule has 0 aliphatic heterocycles. The maximum atomic E-state index is 11.7. The highest BCUT2D eigenvalue weighted by atomic mass is 32.1. The summed E-state index contributed by atoms with van der Waals surface area (Å²) in [6.07, 6.45) is 4.02. The minimum absolute atomic E-state index is 0.103. The minimum Gasteiger partial charge on any atom is -0.285 e. The van der Waals surface area contributed by atoms with Crippen molar-refractivity contribution in [2.75, 3.05) is 6.54 Å². The summed E-state index contributed by atoms with van der Waals surface area (Å²) in [6.45, 7) is 2.64. The van der Waals surface area contributed by atoms with Crippen molar-refractivity contribution in [2.45, 2.75) is 32.6 Å². The molecule has 4 heteroatoms. The topological polar surface area (TPSA) is 37.4 Å². The highest BCUT2D eigenvalue weighted by Crippen LogP contribution is 2.10. The Morgan fingerprint density at radius 3 is 2.88 bits per heavy atom. The molecule has 0 saturated heterocycles.